The largest absolute Gasteiger partial charge is 0.486 e. The molecular weight excluding hydrogens is 518 g/mol. The molecule has 0 aliphatic carbocycles. The van der Waals surface area contributed by atoms with Crippen molar-refractivity contribution < 1.29 is 27.5 Å². The highest BCUT2D eigenvalue weighted by molar-refractivity contribution is 7.92. The average molecular weight is 552 g/mol. The van der Waals surface area contributed by atoms with Gasteiger partial charge in [0.05, 0.1) is 11.9 Å². The highest BCUT2D eigenvalue weighted by atomic mass is 32.2. The van der Waals surface area contributed by atoms with E-state index in [9.17, 15) is 18.0 Å². The quantitative estimate of drug-likeness (QED) is 0.416. The lowest BCUT2D eigenvalue weighted by molar-refractivity contribution is -0.139. The molecule has 2 amide bonds. The normalized spacial score (nSPS) is 13.3. The SMILES string of the molecule is CNC(=O)[C@H](Cc1ccccc1)N(Cc1ccc(C)cc1)C(=O)CN(c1ccc2c(c1)OCCO2)S(C)(=O)=O. The van der Waals surface area contributed by atoms with Gasteiger partial charge in [-0.3, -0.25) is 13.9 Å². The fourth-order valence-electron chi connectivity index (χ4n) is 4.41. The highest BCUT2D eigenvalue weighted by Crippen LogP contribution is 2.34. The molecule has 1 N–H and O–H groups in total. The molecule has 9 nitrogen and oxygen atoms in total. The van der Waals surface area contributed by atoms with Gasteiger partial charge in [0.15, 0.2) is 11.5 Å². The minimum atomic E-state index is -3.87. The molecule has 0 saturated carbocycles. The van der Waals surface area contributed by atoms with Crippen LogP contribution in [0.1, 0.15) is 16.7 Å². The standard InChI is InChI=1S/C29H33N3O6S/c1-21-9-11-23(12-10-21)19-31(25(29(34)30-2)17-22-7-5-4-6-8-22)28(33)20-32(39(3,35)36)24-13-14-26-27(18-24)38-16-15-37-26/h4-14,18,25H,15-17,19-20H2,1-3H3,(H,30,34)/t25-/m0/s1. The molecule has 10 heteroatoms. The molecule has 1 aliphatic heterocycles. The summed E-state index contributed by atoms with van der Waals surface area (Å²) in [5, 5.41) is 2.67. The van der Waals surface area contributed by atoms with Gasteiger partial charge in [0.25, 0.3) is 0 Å². The summed E-state index contributed by atoms with van der Waals surface area (Å²) in [4.78, 5) is 28.6. The van der Waals surface area contributed by atoms with Crippen molar-refractivity contribution in [3.05, 3.63) is 89.5 Å². The first-order chi connectivity index (χ1) is 18.7. The van der Waals surface area contributed by atoms with Crippen LogP contribution >= 0.6 is 0 Å². The van der Waals surface area contributed by atoms with Gasteiger partial charge in [-0.15, -0.1) is 0 Å². The van der Waals surface area contributed by atoms with E-state index < -0.39 is 28.5 Å². The number of hydrogen-bond donors (Lipinski definition) is 1. The van der Waals surface area contributed by atoms with Crippen molar-refractivity contribution >= 4 is 27.5 Å². The molecule has 0 spiro atoms. The number of likely N-dealkylation sites (N-methyl/N-ethyl adjacent to an activating group) is 1. The second-order valence-corrected chi connectivity index (χ2v) is 11.3. The zero-order chi connectivity index (χ0) is 28.0. The summed E-state index contributed by atoms with van der Waals surface area (Å²) in [7, 11) is -2.35. The predicted molar refractivity (Wildman–Crippen MR) is 149 cm³/mol. The fraction of sp³-hybridized carbons (Fsp3) is 0.310. The molecule has 1 aliphatic rings. The second-order valence-electron chi connectivity index (χ2n) is 9.42. The summed E-state index contributed by atoms with van der Waals surface area (Å²) in [5.74, 6) is 0.0574. The molecule has 0 unspecified atom stereocenters. The van der Waals surface area contributed by atoms with Crippen molar-refractivity contribution in [2.75, 3.05) is 37.4 Å². The molecule has 0 fully saturated rings. The van der Waals surface area contributed by atoms with E-state index in [2.05, 4.69) is 5.32 Å². The third kappa shape index (κ3) is 7.08. The van der Waals surface area contributed by atoms with E-state index >= 15 is 0 Å². The second kappa shape index (κ2) is 12.2. The molecule has 206 valence electrons. The number of aryl methyl sites for hydroxylation is 1. The van der Waals surface area contributed by atoms with Crippen LogP contribution in [0.25, 0.3) is 0 Å². The third-order valence-electron chi connectivity index (χ3n) is 6.48. The number of carbonyl (C=O) groups is 2. The Kier molecular flexibility index (Phi) is 8.75. The van der Waals surface area contributed by atoms with E-state index in [1.54, 1.807) is 18.2 Å². The summed E-state index contributed by atoms with van der Waals surface area (Å²) >= 11 is 0. The molecule has 4 rings (SSSR count). The Hall–Kier alpha value is -4.05. The van der Waals surface area contributed by atoms with Gasteiger partial charge in [-0.1, -0.05) is 60.2 Å². The van der Waals surface area contributed by atoms with Crippen LogP contribution in [0.5, 0.6) is 11.5 Å². The molecular formula is C29H33N3O6S. The van der Waals surface area contributed by atoms with E-state index in [0.717, 1.165) is 27.3 Å². The number of benzene rings is 3. The van der Waals surface area contributed by atoms with Crippen molar-refractivity contribution in [3.63, 3.8) is 0 Å². The lowest BCUT2D eigenvalue weighted by Crippen LogP contribution is -2.52. The number of ether oxygens (including phenoxy) is 2. The Morgan fingerprint density at radius 3 is 2.23 bits per heavy atom. The van der Waals surface area contributed by atoms with Gasteiger partial charge in [0.2, 0.25) is 21.8 Å². The zero-order valence-corrected chi connectivity index (χ0v) is 23.1. The number of fused-ring (bicyclic) bond motifs is 1. The van der Waals surface area contributed by atoms with Crippen LogP contribution in [0.3, 0.4) is 0 Å². The summed E-state index contributed by atoms with van der Waals surface area (Å²) in [6.45, 7) is 2.34. The van der Waals surface area contributed by atoms with Gasteiger partial charge in [0.1, 0.15) is 25.8 Å². The van der Waals surface area contributed by atoms with E-state index in [1.165, 1.54) is 11.9 Å². The lowest BCUT2D eigenvalue weighted by atomic mass is 10.0. The molecule has 39 heavy (non-hydrogen) atoms. The number of hydrogen-bond acceptors (Lipinski definition) is 6. The van der Waals surface area contributed by atoms with E-state index in [0.29, 0.717) is 24.7 Å². The van der Waals surface area contributed by atoms with Crippen LogP contribution in [0.4, 0.5) is 5.69 Å². The van der Waals surface area contributed by atoms with Crippen molar-refractivity contribution in [1.82, 2.24) is 10.2 Å². The molecule has 1 atom stereocenters. The summed E-state index contributed by atoms with van der Waals surface area (Å²) < 4.78 is 38.0. The Balaban J connectivity index is 1.70. The maximum atomic E-state index is 14.0. The van der Waals surface area contributed by atoms with Gasteiger partial charge in [-0.2, -0.15) is 0 Å². The van der Waals surface area contributed by atoms with Crippen LogP contribution in [-0.4, -0.2) is 64.2 Å². The molecule has 0 bridgehead atoms. The molecule has 1 heterocycles. The number of nitrogens with one attached hydrogen (secondary N) is 1. The average Bonchev–Trinajstić information content (AvgIpc) is 2.93. The number of amides is 2. The van der Waals surface area contributed by atoms with Gasteiger partial charge < -0.3 is 19.7 Å². The summed E-state index contributed by atoms with van der Waals surface area (Å²) in [6.07, 6.45) is 1.31. The Morgan fingerprint density at radius 1 is 0.923 bits per heavy atom. The topological polar surface area (TPSA) is 105 Å². The minimum Gasteiger partial charge on any atom is -0.486 e. The third-order valence-corrected chi connectivity index (χ3v) is 7.62. The number of sulfonamides is 1. The monoisotopic (exact) mass is 551 g/mol. The van der Waals surface area contributed by atoms with Gasteiger partial charge in [0, 0.05) is 26.1 Å². The Bertz CT molecular complexity index is 1410. The maximum Gasteiger partial charge on any atom is 0.244 e. The Labute approximate surface area is 229 Å². The van der Waals surface area contributed by atoms with E-state index in [4.69, 9.17) is 9.47 Å². The van der Waals surface area contributed by atoms with Crippen molar-refractivity contribution in [2.45, 2.75) is 25.9 Å². The van der Waals surface area contributed by atoms with Crippen LogP contribution in [0.15, 0.2) is 72.8 Å². The zero-order valence-electron chi connectivity index (χ0n) is 22.3. The predicted octanol–water partition coefficient (Wildman–Crippen LogP) is 2.92. The molecule has 0 aromatic heterocycles. The number of rotatable bonds is 10. The van der Waals surface area contributed by atoms with E-state index in [1.807, 2.05) is 61.5 Å². The lowest BCUT2D eigenvalue weighted by Gasteiger charge is -2.33. The van der Waals surface area contributed by atoms with Gasteiger partial charge in [-0.25, -0.2) is 8.42 Å². The van der Waals surface area contributed by atoms with Crippen LogP contribution in [-0.2, 0) is 32.6 Å². The smallest absolute Gasteiger partial charge is 0.244 e. The number of nitrogens with zero attached hydrogens (tertiary/aromatic N) is 2. The first-order valence-corrected chi connectivity index (χ1v) is 14.5. The van der Waals surface area contributed by atoms with Crippen molar-refractivity contribution in [2.24, 2.45) is 0 Å². The molecule has 0 saturated heterocycles. The first kappa shape index (κ1) is 28.0. The number of anilines is 1. The van der Waals surface area contributed by atoms with Crippen LogP contribution < -0.4 is 19.1 Å². The minimum absolute atomic E-state index is 0.128. The Morgan fingerprint density at radius 2 is 1.59 bits per heavy atom. The van der Waals surface area contributed by atoms with Gasteiger partial charge in [-0.05, 0) is 30.2 Å². The van der Waals surface area contributed by atoms with Crippen molar-refractivity contribution in [1.29, 1.82) is 0 Å². The number of carbonyl (C=O) groups excluding carboxylic acids is 2. The fourth-order valence-corrected chi connectivity index (χ4v) is 5.25. The summed E-state index contributed by atoms with van der Waals surface area (Å²) in [5.41, 5.74) is 3.02. The molecule has 3 aromatic carbocycles. The highest BCUT2D eigenvalue weighted by Gasteiger charge is 2.33. The molecule has 0 radical (unpaired) electrons. The summed E-state index contributed by atoms with van der Waals surface area (Å²) in [6, 6.07) is 20.9. The first-order valence-electron chi connectivity index (χ1n) is 12.6. The van der Waals surface area contributed by atoms with Crippen LogP contribution in [0, 0.1) is 6.92 Å². The molecule has 3 aromatic rings. The van der Waals surface area contributed by atoms with Gasteiger partial charge >= 0.3 is 0 Å². The van der Waals surface area contributed by atoms with Crippen molar-refractivity contribution in [3.8, 4) is 11.5 Å². The van der Waals surface area contributed by atoms with E-state index in [-0.39, 0.29) is 24.6 Å². The van der Waals surface area contributed by atoms with Crippen LogP contribution in [0.2, 0.25) is 0 Å². The maximum absolute atomic E-state index is 14.0.